The lowest BCUT2D eigenvalue weighted by Crippen LogP contribution is -2.07. The van der Waals surface area contributed by atoms with Crippen LogP contribution < -0.4 is 5.73 Å². The van der Waals surface area contributed by atoms with Crippen LogP contribution in [0.15, 0.2) is 42.6 Å². The third-order valence-corrected chi connectivity index (χ3v) is 1.60. The molecule has 0 amide bonds. The Morgan fingerprint density at radius 2 is 2.00 bits per heavy atom. The molecule has 2 N–H and O–H groups in total. The molecule has 0 aliphatic carbocycles. The fourth-order valence-corrected chi connectivity index (χ4v) is 0.949. The topological polar surface area (TPSA) is 69.2 Å². The summed E-state index contributed by atoms with van der Waals surface area (Å²) in [5, 5.41) is 10.00. The molecule has 1 aromatic carbocycles. The highest BCUT2D eigenvalue weighted by Crippen LogP contribution is 2.09. The molecule has 4 nitrogen and oxygen atoms in total. The van der Waals surface area contributed by atoms with Gasteiger partial charge in [-0.3, -0.25) is 10.1 Å². The van der Waals surface area contributed by atoms with Crippen molar-refractivity contribution < 1.29 is 4.92 Å². The Morgan fingerprint density at radius 1 is 1.38 bits per heavy atom. The van der Waals surface area contributed by atoms with E-state index in [1.165, 1.54) is 6.08 Å². The molecule has 0 aromatic heterocycles. The van der Waals surface area contributed by atoms with Gasteiger partial charge in [-0.25, -0.2) is 0 Å². The Hall–Kier alpha value is -1.68. The van der Waals surface area contributed by atoms with Crippen LogP contribution in [0, 0.1) is 10.1 Å². The molecule has 0 heterocycles. The predicted octanol–water partition coefficient (Wildman–Crippen LogP) is 1.48. The highest BCUT2D eigenvalue weighted by Gasteiger charge is 2.01. The summed E-state index contributed by atoms with van der Waals surface area (Å²) in [6.07, 6.45) is 2.22. The number of nitrogens with two attached hydrogens (primary N) is 1. The highest BCUT2D eigenvalue weighted by molar-refractivity contribution is 5.21. The van der Waals surface area contributed by atoms with Crippen LogP contribution in [0.25, 0.3) is 0 Å². The van der Waals surface area contributed by atoms with Gasteiger partial charge in [-0.1, -0.05) is 30.3 Å². The first-order valence-corrected chi connectivity index (χ1v) is 3.82. The van der Waals surface area contributed by atoms with E-state index >= 15 is 0 Å². The van der Waals surface area contributed by atoms with E-state index in [1.54, 1.807) is 0 Å². The van der Waals surface area contributed by atoms with Crippen molar-refractivity contribution in [3.05, 3.63) is 58.3 Å². The predicted molar refractivity (Wildman–Crippen MR) is 49.5 cm³/mol. The summed E-state index contributed by atoms with van der Waals surface area (Å²) < 4.78 is 0. The van der Waals surface area contributed by atoms with Crippen molar-refractivity contribution in [1.29, 1.82) is 0 Å². The third-order valence-electron chi connectivity index (χ3n) is 1.60. The van der Waals surface area contributed by atoms with Crippen LogP contribution in [0.2, 0.25) is 0 Å². The Balaban J connectivity index is 2.69. The smallest absolute Gasteiger partial charge is 0.232 e. The van der Waals surface area contributed by atoms with Gasteiger partial charge in [-0.15, -0.1) is 0 Å². The first-order valence-electron chi connectivity index (χ1n) is 3.82. The monoisotopic (exact) mass is 178 g/mol. The van der Waals surface area contributed by atoms with Crippen molar-refractivity contribution >= 4 is 0 Å². The summed E-state index contributed by atoms with van der Waals surface area (Å²) >= 11 is 0. The molecule has 0 fully saturated rings. The third kappa shape index (κ3) is 3.04. The number of rotatable bonds is 3. The highest BCUT2D eigenvalue weighted by atomic mass is 16.6. The maximum atomic E-state index is 10.00. The summed E-state index contributed by atoms with van der Waals surface area (Å²) in [7, 11) is 0. The molecule has 0 aliphatic heterocycles. The van der Waals surface area contributed by atoms with Gasteiger partial charge in [0.15, 0.2) is 0 Å². The van der Waals surface area contributed by atoms with E-state index < -0.39 is 11.0 Å². The van der Waals surface area contributed by atoms with Crippen molar-refractivity contribution in [2.75, 3.05) is 0 Å². The fourth-order valence-electron chi connectivity index (χ4n) is 0.949. The van der Waals surface area contributed by atoms with Gasteiger partial charge in [-0.05, 0) is 5.56 Å². The van der Waals surface area contributed by atoms with Gasteiger partial charge in [-0.2, -0.15) is 0 Å². The standard InChI is InChI=1S/C9H10N2O2/c10-9(6-7-11(12)13)8-4-2-1-3-5-8/h1-7,9H,10H2. The lowest BCUT2D eigenvalue weighted by molar-refractivity contribution is -0.402. The van der Waals surface area contributed by atoms with Gasteiger partial charge in [0.05, 0.1) is 11.0 Å². The van der Waals surface area contributed by atoms with Gasteiger partial charge in [0, 0.05) is 6.08 Å². The van der Waals surface area contributed by atoms with E-state index in [1.807, 2.05) is 30.3 Å². The van der Waals surface area contributed by atoms with Gasteiger partial charge in [0.2, 0.25) is 6.20 Å². The first-order chi connectivity index (χ1) is 6.20. The molecule has 1 atom stereocenters. The summed E-state index contributed by atoms with van der Waals surface area (Å²) in [5.74, 6) is 0. The second kappa shape index (κ2) is 4.37. The van der Waals surface area contributed by atoms with E-state index in [9.17, 15) is 10.1 Å². The Kier molecular flexibility index (Phi) is 3.16. The SMILES string of the molecule is NC(C=C[N+](=O)[O-])c1ccccc1. The van der Waals surface area contributed by atoms with Gasteiger partial charge < -0.3 is 5.73 Å². The molecule has 68 valence electrons. The molecule has 0 saturated carbocycles. The van der Waals surface area contributed by atoms with Gasteiger partial charge in [0.1, 0.15) is 0 Å². The Bertz CT molecular complexity index is 309. The van der Waals surface area contributed by atoms with Crippen molar-refractivity contribution in [2.45, 2.75) is 6.04 Å². The Morgan fingerprint density at radius 3 is 2.54 bits per heavy atom. The van der Waals surface area contributed by atoms with E-state index in [-0.39, 0.29) is 0 Å². The zero-order valence-corrected chi connectivity index (χ0v) is 6.96. The number of nitro groups is 1. The molecular weight excluding hydrogens is 168 g/mol. The van der Waals surface area contributed by atoms with Crippen LogP contribution in [0.1, 0.15) is 11.6 Å². The van der Waals surface area contributed by atoms with Crippen molar-refractivity contribution in [2.24, 2.45) is 5.73 Å². The van der Waals surface area contributed by atoms with Gasteiger partial charge >= 0.3 is 0 Å². The zero-order valence-electron chi connectivity index (χ0n) is 6.96. The molecule has 1 aromatic rings. The lowest BCUT2D eigenvalue weighted by atomic mass is 10.1. The number of nitrogens with zero attached hydrogens (tertiary/aromatic N) is 1. The fraction of sp³-hybridized carbons (Fsp3) is 0.111. The minimum Gasteiger partial charge on any atom is -0.321 e. The zero-order chi connectivity index (χ0) is 9.68. The molecule has 1 rings (SSSR count). The van der Waals surface area contributed by atoms with Crippen LogP contribution in [-0.2, 0) is 0 Å². The molecule has 4 heteroatoms. The molecule has 0 bridgehead atoms. The number of benzene rings is 1. The average Bonchev–Trinajstić information content (AvgIpc) is 2.15. The van der Waals surface area contributed by atoms with Crippen LogP contribution in [0.5, 0.6) is 0 Å². The summed E-state index contributed by atoms with van der Waals surface area (Å²) in [6.45, 7) is 0. The molecule has 13 heavy (non-hydrogen) atoms. The quantitative estimate of drug-likeness (QED) is 0.563. The summed E-state index contributed by atoms with van der Waals surface area (Å²) in [4.78, 5) is 9.47. The van der Waals surface area contributed by atoms with Crippen LogP contribution in [0.3, 0.4) is 0 Å². The largest absolute Gasteiger partial charge is 0.321 e. The van der Waals surface area contributed by atoms with E-state index in [0.29, 0.717) is 0 Å². The second-order valence-corrected chi connectivity index (χ2v) is 2.56. The van der Waals surface area contributed by atoms with Crippen LogP contribution >= 0.6 is 0 Å². The maximum absolute atomic E-state index is 10.00. The van der Waals surface area contributed by atoms with Crippen molar-refractivity contribution in [3.63, 3.8) is 0 Å². The van der Waals surface area contributed by atoms with Crippen LogP contribution in [0.4, 0.5) is 0 Å². The number of hydrogen-bond donors (Lipinski definition) is 1. The number of hydrogen-bond acceptors (Lipinski definition) is 3. The molecule has 0 aliphatic rings. The van der Waals surface area contributed by atoms with E-state index in [4.69, 9.17) is 5.73 Å². The minimum atomic E-state index is -0.525. The normalized spacial score (nSPS) is 13.0. The Labute approximate surface area is 75.8 Å². The first kappa shape index (κ1) is 9.41. The van der Waals surface area contributed by atoms with Crippen LogP contribution in [-0.4, -0.2) is 4.92 Å². The van der Waals surface area contributed by atoms with Gasteiger partial charge in [0.25, 0.3) is 0 Å². The average molecular weight is 178 g/mol. The van der Waals surface area contributed by atoms with E-state index in [2.05, 4.69) is 0 Å². The van der Waals surface area contributed by atoms with E-state index in [0.717, 1.165) is 11.8 Å². The molecule has 1 unspecified atom stereocenters. The molecule has 0 spiro atoms. The second-order valence-electron chi connectivity index (χ2n) is 2.56. The van der Waals surface area contributed by atoms with Crippen molar-refractivity contribution in [1.82, 2.24) is 0 Å². The maximum Gasteiger partial charge on any atom is 0.232 e. The molecule has 0 saturated heterocycles. The summed E-state index contributed by atoms with van der Waals surface area (Å²) in [6, 6.07) is 8.80. The molecular formula is C9H10N2O2. The summed E-state index contributed by atoms with van der Waals surface area (Å²) in [5.41, 5.74) is 6.51. The van der Waals surface area contributed by atoms with Crippen molar-refractivity contribution in [3.8, 4) is 0 Å². The lowest BCUT2D eigenvalue weighted by Gasteiger charge is -2.03. The molecule has 0 radical (unpaired) electrons. The minimum absolute atomic E-state index is 0.411.